The number of morpholine rings is 1. The minimum absolute atomic E-state index is 0.0581. The van der Waals surface area contributed by atoms with E-state index in [9.17, 15) is 9.59 Å². The molecular formula is C20H24N6O5S. The smallest absolute Gasteiger partial charge is 0.325 e. The highest BCUT2D eigenvalue weighted by Gasteiger charge is 2.32. The Morgan fingerprint density at radius 2 is 1.84 bits per heavy atom. The molecule has 3 aliphatic rings. The molecule has 12 heteroatoms. The molecule has 2 N–H and O–H groups in total. The maximum absolute atomic E-state index is 12.3. The van der Waals surface area contributed by atoms with E-state index in [1.165, 1.54) is 11.8 Å². The van der Waals surface area contributed by atoms with E-state index in [4.69, 9.17) is 14.2 Å². The fourth-order valence-electron chi connectivity index (χ4n) is 3.58. The van der Waals surface area contributed by atoms with Gasteiger partial charge in [-0.2, -0.15) is 0 Å². The number of ether oxygens (including phenoxy) is 3. The summed E-state index contributed by atoms with van der Waals surface area (Å²) >= 11 is 1.28. The van der Waals surface area contributed by atoms with Gasteiger partial charge in [0.15, 0.2) is 16.7 Å². The lowest BCUT2D eigenvalue weighted by Gasteiger charge is -2.27. The molecule has 1 saturated carbocycles. The van der Waals surface area contributed by atoms with Gasteiger partial charge in [-0.3, -0.25) is 14.7 Å². The Kier molecular flexibility index (Phi) is 6.04. The average molecular weight is 461 g/mol. The Morgan fingerprint density at radius 1 is 1.06 bits per heavy atom. The molecule has 1 saturated heterocycles. The van der Waals surface area contributed by atoms with Crippen LogP contribution in [-0.2, 0) is 9.53 Å². The number of carbonyl (C=O) groups is 2. The number of hydrogen-bond donors (Lipinski definition) is 2. The predicted molar refractivity (Wildman–Crippen MR) is 117 cm³/mol. The van der Waals surface area contributed by atoms with Crippen molar-refractivity contribution in [3.63, 3.8) is 0 Å². The van der Waals surface area contributed by atoms with Gasteiger partial charge in [0, 0.05) is 30.9 Å². The van der Waals surface area contributed by atoms with Crippen LogP contribution in [-0.4, -0.2) is 72.0 Å². The molecule has 11 nitrogen and oxygen atoms in total. The van der Waals surface area contributed by atoms with Gasteiger partial charge >= 0.3 is 6.03 Å². The summed E-state index contributed by atoms with van der Waals surface area (Å²) in [5, 5.41) is 14.3. The largest absolute Gasteiger partial charge is 0.486 e. The van der Waals surface area contributed by atoms with Crippen molar-refractivity contribution < 1.29 is 23.8 Å². The summed E-state index contributed by atoms with van der Waals surface area (Å²) in [6.45, 7) is 3.83. The molecule has 0 atom stereocenters. The molecule has 170 valence electrons. The van der Waals surface area contributed by atoms with Crippen LogP contribution in [0.25, 0.3) is 0 Å². The van der Waals surface area contributed by atoms with Crippen LogP contribution in [0.3, 0.4) is 0 Å². The van der Waals surface area contributed by atoms with Crippen molar-refractivity contribution in [1.29, 1.82) is 0 Å². The summed E-state index contributed by atoms with van der Waals surface area (Å²) in [6, 6.07) is 4.84. The second-order valence-electron chi connectivity index (χ2n) is 7.63. The number of thioether (sulfide) groups is 1. The van der Waals surface area contributed by atoms with Crippen LogP contribution in [0.1, 0.15) is 18.9 Å². The maximum Gasteiger partial charge on any atom is 0.325 e. The molecule has 2 fully saturated rings. The molecule has 5 rings (SSSR count). The Bertz CT molecular complexity index is 1000. The van der Waals surface area contributed by atoms with E-state index >= 15 is 0 Å². The van der Waals surface area contributed by atoms with Gasteiger partial charge in [0.05, 0.1) is 19.0 Å². The molecule has 0 spiro atoms. The number of carbonyl (C=O) groups excluding carboxylic acids is 2. The van der Waals surface area contributed by atoms with Crippen LogP contribution in [0.15, 0.2) is 23.4 Å². The number of benzene rings is 1. The summed E-state index contributed by atoms with van der Waals surface area (Å²) in [5.41, 5.74) is 0.510. The number of anilines is 2. The molecule has 1 aromatic carbocycles. The Labute approximate surface area is 188 Å². The van der Waals surface area contributed by atoms with Gasteiger partial charge in [-0.15, -0.1) is 10.2 Å². The monoisotopic (exact) mass is 460 g/mol. The predicted octanol–water partition coefficient (Wildman–Crippen LogP) is 1.66. The number of aromatic nitrogens is 3. The summed E-state index contributed by atoms with van der Waals surface area (Å²) in [5.74, 6) is 1.67. The quantitative estimate of drug-likeness (QED) is 0.620. The van der Waals surface area contributed by atoms with Gasteiger partial charge in [0.1, 0.15) is 13.2 Å². The standard InChI is InChI=1S/C20H24N6O5S/c27-17(22-18(28)21-13-1-4-15-16(11-13)31-10-9-30-15)12-32-20-24-23-19(26(20)14-2-3-14)25-5-7-29-8-6-25/h1,4,11,14H,2-3,5-10,12H2,(H2,21,22,27,28). The van der Waals surface area contributed by atoms with E-state index < -0.39 is 11.9 Å². The van der Waals surface area contributed by atoms with Crippen LogP contribution in [0.2, 0.25) is 0 Å². The lowest BCUT2D eigenvalue weighted by atomic mass is 10.2. The molecular weight excluding hydrogens is 436 g/mol. The van der Waals surface area contributed by atoms with Crippen molar-refractivity contribution in [2.75, 3.05) is 55.5 Å². The molecule has 1 aliphatic carbocycles. The van der Waals surface area contributed by atoms with Crippen molar-refractivity contribution in [2.24, 2.45) is 0 Å². The van der Waals surface area contributed by atoms with Gasteiger partial charge in [0.2, 0.25) is 11.9 Å². The van der Waals surface area contributed by atoms with E-state index in [-0.39, 0.29) is 5.75 Å². The normalized spacial score (nSPS) is 17.7. The van der Waals surface area contributed by atoms with Crippen LogP contribution in [0, 0.1) is 0 Å². The van der Waals surface area contributed by atoms with Gasteiger partial charge in [-0.05, 0) is 25.0 Å². The summed E-state index contributed by atoms with van der Waals surface area (Å²) in [4.78, 5) is 26.7. The summed E-state index contributed by atoms with van der Waals surface area (Å²) in [6.07, 6.45) is 2.15. The number of urea groups is 1. The minimum atomic E-state index is -0.607. The van der Waals surface area contributed by atoms with Crippen LogP contribution >= 0.6 is 11.8 Å². The molecule has 0 radical (unpaired) electrons. The lowest BCUT2D eigenvalue weighted by Crippen LogP contribution is -2.38. The lowest BCUT2D eigenvalue weighted by molar-refractivity contribution is -0.117. The molecule has 32 heavy (non-hydrogen) atoms. The number of nitrogens with one attached hydrogen (secondary N) is 2. The maximum atomic E-state index is 12.3. The van der Waals surface area contributed by atoms with Gasteiger partial charge in [-0.1, -0.05) is 11.8 Å². The zero-order chi connectivity index (χ0) is 21.9. The number of fused-ring (bicyclic) bond motifs is 1. The molecule has 3 amide bonds. The van der Waals surface area contributed by atoms with E-state index in [0.29, 0.717) is 54.8 Å². The van der Waals surface area contributed by atoms with Crippen LogP contribution in [0.5, 0.6) is 11.5 Å². The molecule has 0 unspecified atom stereocenters. The highest BCUT2D eigenvalue weighted by molar-refractivity contribution is 7.99. The zero-order valence-corrected chi connectivity index (χ0v) is 18.2. The third kappa shape index (κ3) is 4.75. The van der Waals surface area contributed by atoms with Gasteiger partial charge < -0.3 is 24.4 Å². The van der Waals surface area contributed by atoms with Crippen molar-refractivity contribution >= 4 is 35.3 Å². The highest BCUT2D eigenvalue weighted by atomic mass is 32.2. The molecule has 2 aromatic rings. The van der Waals surface area contributed by atoms with Gasteiger partial charge in [-0.25, -0.2) is 4.79 Å². The second kappa shape index (κ2) is 9.25. The Morgan fingerprint density at radius 3 is 2.62 bits per heavy atom. The fraction of sp³-hybridized carbons (Fsp3) is 0.500. The first-order valence-electron chi connectivity index (χ1n) is 10.6. The number of hydrogen-bond acceptors (Lipinski definition) is 9. The fourth-order valence-corrected chi connectivity index (χ4v) is 4.38. The van der Waals surface area contributed by atoms with E-state index in [1.54, 1.807) is 18.2 Å². The van der Waals surface area contributed by atoms with E-state index in [1.807, 2.05) is 0 Å². The highest BCUT2D eigenvalue weighted by Crippen LogP contribution is 2.41. The first-order valence-corrected chi connectivity index (χ1v) is 11.6. The first-order chi connectivity index (χ1) is 15.7. The second-order valence-corrected chi connectivity index (χ2v) is 8.58. The van der Waals surface area contributed by atoms with Crippen LogP contribution < -0.4 is 25.0 Å². The SMILES string of the molecule is O=C(CSc1nnc(N2CCOCC2)n1C1CC1)NC(=O)Nc1ccc2c(c1)OCCO2. The molecule has 3 heterocycles. The number of rotatable bonds is 6. The minimum Gasteiger partial charge on any atom is -0.486 e. The zero-order valence-electron chi connectivity index (χ0n) is 17.4. The first kappa shape index (κ1) is 20.9. The number of nitrogens with zero attached hydrogens (tertiary/aromatic N) is 4. The van der Waals surface area contributed by atoms with Gasteiger partial charge in [0.25, 0.3) is 0 Å². The van der Waals surface area contributed by atoms with Crippen molar-refractivity contribution in [1.82, 2.24) is 20.1 Å². The van der Waals surface area contributed by atoms with E-state index in [2.05, 4.69) is 30.3 Å². The molecule has 1 aromatic heterocycles. The summed E-state index contributed by atoms with van der Waals surface area (Å²) in [7, 11) is 0. The third-order valence-electron chi connectivity index (χ3n) is 5.24. The van der Waals surface area contributed by atoms with E-state index in [0.717, 1.165) is 31.9 Å². The number of amides is 3. The molecule has 2 aliphatic heterocycles. The van der Waals surface area contributed by atoms with Crippen LogP contribution in [0.4, 0.5) is 16.4 Å². The summed E-state index contributed by atoms with van der Waals surface area (Å²) < 4.78 is 18.5. The molecule has 0 bridgehead atoms. The topological polar surface area (TPSA) is 120 Å². The number of imide groups is 1. The van der Waals surface area contributed by atoms with Crippen molar-refractivity contribution in [3.05, 3.63) is 18.2 Å². The van der Waals surface area contributed by atoms with Crippen molar-refractivity contribution in [3.8, 4) is 11.5 Å². The third-order valence-corrected chi connectivity index (χ3v) is 6.18. The van der Waals surface area contributed by atoms with Crippen molar-refractivity contribution in [2.45, 2.75) is 24.0 Å². The Hall–Kier alpha value is -2.99. The average Bonchev–Trinajstić information content (AvgIpc) is 3.56. The Balaban J connectivity index is 1.16.